The van der Waals surface area contributed by atoms with Gasteiger partial charge in [-0.1, -0.05) is 6.92 Å². The van der Waals surface area contributed by atoms with Crippen LogP contribution in [0.4, 0.5) is 11.5 Å². The minimum atomic E-state index is -0.481. The van der Waals surface area contributed by atoms with Gasteiger partial charge in [0, 0.05) is 6.04 Å². The molecule has 0 saturated heterocycles. The lowest BCUT2D eigenvalue weighted by Crippen LogP contribution is -2.14. The number of pyridine rings is 1. The number of nitrogens with one attached hydrogen (secondary N) is 1. The van der Waals surface area contributed by atoms with Crippen LogP contribution in [0.1, 0.15) is 20.3 Å². The molecule has 0 aliphatic carbocycles. The predicted molar refractivity (Wildman–Crippen MR) is 54.3 cm³/mol. The molecule has 0 saturated carbocycles. The number of nitro groups is 1. The molecule has 1 rings (SSSR count). The molecule has 1 unspecified atom stereocenters. The summed E-state index contributed by atoms with van der Waals surface area (Å²) in [4.78, 5) is 13.8. The third-order valence-corrected chi connectivity index (χ3v) is 1.97. The van der Waals surface area contributed by atoms with E-state index < -0.39 is 4.92 Å². The van der Waals surface area contributed by atoms with Gasteiger partial charge in [0.15, 0.2) is 0 Å². The third kappa shape index (κ3) is 2.42. The summed E-state index contributed by atoms with van der Waals surface area (Å²) in [5.41, 5.74) is 0.479. The summed E-state index contributed by atoms with van der Waals surface area (Å²) >= 11 is 0. The molecule has 1 atom stereocenters. The van der Waals surface area contributed by atoms with Crippen molar-refractivity contribution in [2.45, 2.75) is 26.3 Å². The highest BCUT2D eigenvalue weighted by Crippen LogP contribution is 2.21. The van der Waals surface area contributed by atoms with E-state index in [0.29, 0.717) is 5.69 Å². The summed E-state index contributed by atoms with van der Waals surface area (Å²) in [5.74, 6) is -0.118. The van der Waals surface area contributed by atoms with Crippen molar-refractivity contribution in [3.05, 3.63) is 28.4 Å². The number of aromatic nitrogens is 1. The Morgan fingerprint density at radius 3 is 3.00 bits per heavy atom. The summed E-state index contributed by atoms with van der Waals surface area (Å²) in [6.45, 7) is 3.98. The molecule has 1 N–H and O–H groups in total. The van der Waals surface area contributed by atoms with Crippen LogP contribution in [0, 0.1) is 10.1 Å². The van der Waals surface area contributed by atoms with Gasteiger partial charge in [0.1, 0.15) is 11.9 Å². The minimum absolute atomic E-state index is 0.118. The van der Waals surface area contributed by atoms with Gasteiger partial charge in [0.2, 0.25) is 0 Å². The second kappa shape index (κ2) is 4.55. The Morgan fingerprint density at radius 2 is 2.43 bits per heavy atom. The number of nitrogens with zero attached hydrogens (tertiary/aromatic N) is 2. The quantitative estimate of drug-likeness (QED) is 0.590. The zero-order valence-corrected chi connectivity index (χ0v) is 8.23. The maximum absolute atomic E-state index is 10.6. The molecular weight excluding hydrogens is 182 g/mol. The van der Waals surface area contributed by atoms with Gasteiger partial charge >= 0.3 is 5.82 Å². The van der Waals surface area contributed by atoms with Gasteiger partial charge in [-0.05, 0) is 35.4 Å². The van der Waals surface area contributed by atoms with Crippen molar-refractivity contribution in [2.75, 3.05) is 5.32 Å². The Bertz CT molecular complexity index is 328. The van der Waals surface area contributed by atoms with E-state index in [1.54, 1.807) is 12.1 Å². The average Bonchev–Trinajstić information content (AvgIpc) is 2.18. The minimum Gasteiger partial charge on any atom is -0.376 e. The van der Waals surface area contributed by atoms with E-state index in [4.69, 9.17) is 0 Å². The molecule has 0 fully saturated rings. The van der Waals surface area contributed by atoms with Gasteiger partial charge in [0.25, 0.3) is 0 Å². The van der Waals surface area contributed by atoms with Crippen molar-refractivity contribution in [2.24, 2.45) is 0 Å². The van der Waals surface area contributed by atoms with Crippen LogP contribution < -0.4 is 5.32 Å². The van der Waals surface area contributed by atoms with Gasteiger partial charge in [-0.15, -0.1) is 0 Å². The van der Waals surface area contributed by atoms with Crippen LogP contribution in [0.15, 0.2) is 18.3 Å². The lowest BCUT2D eigenvalue weighted by atomic mass is 10.2. The molecule has 76 valence electrons. The van der Waals surface area contributed by atoms with Crippen molar-refractivity contribution < 1.29 is 4.92 Å². The van der Waals surface area contributed by atoms with Crippen molar-refractivity contribution in [1.29, 1.82) is 0 Å². The van der Waals surface area contributed by atoms with E-state index in [1.807, 2.05) is 13.8 Å². The van der Waals surface area contributed by atoms with E-state index in [9.17, 15) is 10.1 Å². The standard InChI is InChI=1S/C9H13N3O2/c1-3-7(2)11-8-5-4-6-10-9(8)12(13)14/h4-7,11H,3H2,1-2H3. The van der Waals surface area contributed by atoms with Gasteiger partial charge < -0.3 is 15.4 Å². The van der Waals surface area contributed by atoms with Crippen LogP contribution in [0.5, 0.6) is 0 Å². The SMILES string of the molecule is CCC(C)Nc1cccnc1[N+](=O)[O-]. The predicted octanol–water partition coefficient (Wildman–Crippen LogP) is 2.20. The fourth-order valence-corrected chi connectivity index (χ4v) is 1.02. The first-order chi connectivity index (χ1) is 6.65. The summed E-state index contributed by atoms with van der Waals surface area (Å²) in [6, 6.07) is 3.55. The third-order valence-electron chi connectivity index (χ3n) is 1.97. The monoisotopic (exact) mass is 195 g/mol. The van der Waals surface area contributed by atoms with Crippen LogP contribution in [-0.4, -0.2) is 15.9 Å². The zero-order chi connectivity index (χ0) is 10.6. The lowest BCUT2D eigenvalue weighted by Gasteiger charge is -2.11. The fourth-order valence-electron chi connectivity index (χ4n) is 1.02. The molecular formula is C9H13N3O2. The Labute approximate surface area is 82.3 Å². The van der Waals surface area contributed by atoms with Gasteiger partial charge in [0.05, 0.1) is 0 Å². The van der Waals surface area contributed by atoms with E-state index in [1.165, 1.54) is 6.20 Å². The first kappa shape index (κ1) is 10.4. The Balaban J connectivity index is 2.90. The van der Waals surface area contributed by atoms with Crippen molar-refractivity contribution in [1.82, 2.24) is 4.98 Å². The van der Waals surface area contributed by atoms with E-state index in [2.05, 4.69) is 10.3 Å². The summed E-state index contributed by atoms with van der Waals surface area (Å²) in [6.07, 6.45) is 2.33. The highest BCUT2D eigenvalue weighted by atomic mass is 16.6. The number of hydrogen-bond acceptors (Lipinski definition) is 4. The molecule has 0 aliphatic rings. The van der Waals surface area contributed by atoms with Crippen molar-refractivity contribution in [3.63, 3.8) is 0 Å². The second-order valence-electron chi connectivity index (χ2n) is 3.09. The van der Waals surface area contributed by atoms with E-state index in [-0.39, 0.29) is 11.9 Å². The normalized spacial score (nSPS) is 12.1. The Kier molecular flexibility index (Phi) is 3.39. The molecule has 5 nitrogen and oxygen atoms in total. The highest BCUT2D eigenvalue weighted by molar-refractivity contribution is 5.56. The van der Waals surface area contributed by atoms with Crippen molar-refractivity contribution in [3.8, 4) is 0 Å². The molecule has 1 heterocycles. The maximum Gasteiger partial charge on any atom is 0.386 e. The Hall–Kier alpha value is -1.65. The molecule has 0 aromatic carbocycles. The van der Waals surface area contributed by atoms with Crippen molar-refractivity contribution >= 4 is 11.5 Å². The Morgan fingerprint density at radius 1 is 1.71 bits per heavy atom. The smallest absolute Gasteiger partial charge is 0.376 e. The van der Waals surface area contributed by atoms with Crippen LogP contribution in [0.25, 0.3) is 0 Å². The van der Waals surface area contributed by atoms with Crippen LogP contribution in [-0.2, 0) is 0 Å². The summed E-state index contributed by atoms with van der Waals surface area (Å²) in [7, 11) is 0. The molecule has 0 amide bonds. The molecule has 1 aromatic rings. The summed E-state index contributed by atoms with van der Waals surface area (Å²) < 4.78 is 0. The van der Waals surface area contributed by atoms with Gasteiger partial charge in [-0.25, -0.2) is 0 Å². The zero-order valence-electron chi connectivity index (χ0n) is 8.23. The fraction of sp³-hybridized carbons (Fsp3) is 0.444. The maximum atomic E-state index is 10.6. The first-order valence-electron chi connectivity index (χ1n) is 4.51. The highest BCUT2D eigenvalue weighted by Gasteiger charge is 2.14. The number of anilines is 1. The van der Waals surface area contributed by atoms with Crippen LogP contribution >= 0.6 is 0 Å². The largest absolute Gasteiger partial charge is 0.386 e. The first-order valence-corrected chi connectivity index (χ1v) is 4.51. The number of rotatable bonds is 4. The number of hydrogen-bond donors (Lipinski definition) is 1. The molecule has 1 aromatic heterocycles. The van der Waals surface area contributed by atoms with Gasteiger partial charge in [-0.2, -0.15) is 0 Å². The molecule has 0 radical (unpaired) electrons. The van der Waals surface area contributed by atoms with E-state index in [0.717, 1.165) is 6.42 Å². The molecule has 0 spiro atoms. The lowest BCUT2D eigenvalue weighted by molar-refractivity contribution is -0.388. The van der Waals surface area contributed by atoms with Crippen LogP contribution in [0.2, 0.25) is 0 Å². The molecule has 14 heavy (non-hydrogen) atoms. The molecule has 0 aliphatic heterocycles. The van der Waals surface area contributed by atoms with E-state index >= 15 is 0 Å². The molecule has 5 heteroatoms. The second-order valence-corrected chi connectivity index (χ2v) is 3.09. The van der Waals surface area contributed by atoms with Crippen LogP contribution in [0.3, 0.4) is 0 Å². The summed E-state index contributed by atoms with van der Waals surface area (Å²) in [5, 5.41) is 13.6. The van der Waals surface area contributed by atoms with Gasteiger partial charge in [-0.3, -0.25) is 0 Å². The molecule has 0 bridgehead atoms. The topological polar surface area (TPSA) is 68.1 Å². The average molecular weight is 195 g/mol.